The van der Waals surface area contributed by atoms with E-state index < -0.39 is 4.92 Å². The molecule has 21 heavy (non-hydrogen) atoms. The second-order valence-corrected chi connectivity index (χ2v) is 5.69. The average molecular weight is 292 g/mol. The molecule has 1 N–H and O–H groups in total. The molecular weight excluding hydrogens is 272 g/mol. The summed E-state index contributed by atoms with van der Waals surface area (Å²) in [6.07, 6.45) is 4.88. The number of hydrogen-bond donors (Lipinski definition) is 1. The summed E-state index contributed by atoms with van der Waals surface area (Å²) >= 11 is 0. The first-order valence-electron chi connectivity index (χ1n) is 7.39. The molecule has 1 heterocycles. The predicted molar refractivity (Wildman–Crippen MR) is 78.8 cm³/mol. The average Bonchev–Trinajstić information content (AvgIpc) is 2.96. The Labute approximate surface area is 123 Å². The van der Waals surface area contributed by atoms with Crippen LogP contribution in [0.4, 0.5) is 11.4 Å². The molecule has 6 nitrogen and oxygen atoms in total. The van der Waals surface area contributed by atoms with Crippen LogP contribution in [0.25, 0.3) is 0 Å². The summed E-state index contributed by atoms with van der Waals surface area (Å²) in [7, 11) is 1.45. The molecular formula is C15H20N2O4. The van der Waals surface area contributed by atoms with E-state index in [1.807, 2.05) is 0 Å². The van der Waals surface area contributed by atoms with Gasteiger partial charge in [-0.15, -0.1) is 0 Å². The van der Waals surface area contributed by atoms with Crippen molar-refractivity contribution in [1.82, 2.24) is 0 Å². The van der Waals surface area contributed by atoms with E-state index in [1.165, 1.54) is 13.2 Å². The lowest BCUT2D eigenvalue weighted by Gasteiger charge is -2.33. The van der Waals surface area contributed by atoms with E-state index in [-0.39, 0.29) is 5.69 Å². The molecule has 0 amide bonds. The van der Waals surface area contributed by atoms with Gasteiger partial charge in [-0.3, -0.25) is 10.1 Å². The number of hydrogen-bond acceptors (Lipinski definition) is 5. The van der Waals surface area contributed by atoms with Gasteiger partial charge in [0.2, 0.25) is 0 Å². The number of nitrogens with one attached hydrogen (secondary N) is 1. The molecule has 114 valence electrons. The van der Waals surface area contributed by atoms with Gasteiger partial charge in [0, 0.05) is 36.4 Å². The van der Waals surface area contributed by atoms with Gasteiger partial charge in [-0.1, -0.05) is 0 Å². The zero-order chi connectivity index (χ0) is 14.8. The van der Waals surface area contributed by atoms with Crippen LogP contribution in [-0.4, -0.2) is 30.8 Å². The minimum atomic E-state index is -0.427. The largest absolute Gasteiger partial charge is 0.490 e. The number of nitrogens with zero attached hydrogens (tertiary/aromatic N) is 1. The van der Waals surface area contributed by atoms with Crippen LogP contribution < -0.4 is 10.1 Å². The fraction of sp³-hybridized carbons (Fsp3) is 0.600. The highest BCUT2D eigenvalue weighted by Crippen LogP contribution is 2.37. The molecule has 1 saturated carbocycles. The van der Waals surface area contributed by atoms with Gasteiger partial charge in [0.25, 0.3) is 0 Å². The SMILES string of the molecule is COc1cc(NC2CCCC3OCCC23)ccc1[N+](=O)[O-]. The first-order chi connectivity index (χ1) is 10.2. The fourth-order valence-corrected chi connectivity index (χ4v) is 3.49. The van der Waals surface area contributed by atoms with Crippen LogP contribution in [0.15, 0.2) is 18.2 Å². The van der Waals surface area contributed by atoms with Crippen molar-refractivity contribution in [1.29, 1.82) is 0 Å². The highest BCUT2D eigenvalue weighted by atomic mass is 16.6. The maximum Gasteiger partial charge on any atom is 0.311 e. The first-order valence-corrected chi connectivity index (χ1v) is 7.39. The Morgan fingerprint density at radius 3 is 3.00 bits per heavy atom. The maximum absolute atomic E-state index is 10.9. The summed E-state index contributed by atoms with van der Waals surface area (Å²) in [5.41, 5.74) is 0.865. The number of ether oxygens (including phenoxy) is 2. The second kappa shape index (κ2) is 5.89. The van der Waals surface area contributed by atoms with E-state index in [2.05, 4.69) is 5.32 Å². The van der Waals surface area contributed by atoms with E-state index in [4.69, 9.17) is 9.47 Å². The number of nitro groups is 1. The Morgan fingerprint density at radius 1 is 1.38 bits per heavy atom. The van der Waals surface area contributed by atoms with Crippen LogP contribution in [0.5, 0.6) is 5.75 Å². The summed E-state index contributed by atoms with van der Waals surface area (Å²) in [6, 6.07) is 5.32. The minimum Gasteiger partial charge on any atom is -0.490 e. The zero-order valence-corrected chi connectivity index (χ0v) is 12.1. The Hall–Kier alpha value is -1.82. The number of fused-ring (bicyclic) bond motifs is 1. The molecule has 6 heteroatoms. The molecule has 1 aliphatic heterocycles. The summed E-state index contributed by atoms with van der Waals surface area (Å²) in [5.74, 6) is 0.833. The Balaban J connectivity index is 1.76. The molecule has 3 unspecified atom stereocenters. The van der Waals surface area contributed by atoms with Gasteiger partial charge in [0.1, 0.15) is 0 Å². The summed E-state index contributed by atoms with van der Waals surface area (Å²) in [4.78, 5) is 10.5. The highest BCUT2D eigenvalue weighted by Gasteiger charge is 2.37. The van der Waals surface area contributed by atoms with Crippen molar-refractivity contribution in [2.75, 3.05) is 19.0 Å². The van der Waals surface area contributed by atoms with Gasteiger partial charge in [0.15, 0.2) is 5.75 Å². The topological polar surface area (TPSA) is 73.6 Å². The summed E-state index contributed by atoms with van der Waals surface area (Å²) in [5, 5.41) is 14.4. The zero-order valence-electron chi connectivity index (χ0n) is 12.1. The van der Waals surface area contributed by atoms with Gasteiger partial charge in [-0.2, -0.15) is 0 Å². The lowest BCUT2D eigenvalue weighted by atomic mass is 9.81. The summed E-state index contributed by atoms with van der Waals surface area (Å²) < 4.78 is 10.9. The molecule has 2 aliphatic rings. The molecule has 0 aromatic heterocycles. The van der Waals surface area contributed by atoms with E-state index in [9.17, 15) is 10.1 Å². The highest BCUT2D eigenvalue weighted by molar-refractivity contribution is 5.58. The minimum absolute atomic E-state index is 0.00577. The number of benzene rings is 1. The van der Waals surface area contributed by atoms with Crippen LogP contribution in [0.2, 0.25) is 0 Å². The molecule has 1 saturated heterocycles. The van der Waals surface area contributed by atoms with Crippen LogP contribution in [0, 0.1) is 16.0 Å². The standard InChI is InChI=1S/C15H20N2O4/c1-20-15-9-10(5-6-13(15)17(18)19)16-12-3-2-4-14-11(12)7-8-21-14/h5-6,9,11-12,14,16H,2-4,7-8H2,1H3. The predicted octanol–water partition coefficient (Wildman–Crippen LogP) is 2.97. The van der Waals surface area contributed by atoms with Gasteiger partial charge in [0.05, 0.1) is 18.1 Å². The van der Waals surface area contributed by atoms with Gasteiger partial charge < -0.3 is 14.8 Å². The smallest absolute Gasteiger partial charge is 0.311 e. The van der Waals surface area contributed by atoms with Crippen molar-refractivity contribution in [3.63, 3.8) is 0 Å². The van der Waals surface area contributed by atoms with E-state index >= 15 is 0 Å². The van der Waals surface area contributed by atoms with Crippen molar-refractivity contribution in [2.24, 2.45) is 5.92 Å². The molecule has 1 aliphatic carbocycles. The van der Waals surface area contributed by atoms with E-state index in [1.54, 1.807) is 12.1 Å². The Morgan fingerprint density at radius 2 is 2.24 bits per heavy atom. The van der Waals surface area contributed by atoms with Crippen LogP contribution >= 0.6 is 0 Å². The van der Waals surface area contributed by atoms with Crippen molar-refractivity contribution in [2.45, 2.75) is 37.8 Å². The van der Waals surface area contributed by atoms with E-state index in [0.717, 1.165) is 38.0 Å². The fourth-order valence-electron chi connectivity index (χ4n) is 3.49. The van der Waals surface area contributed by atoms with Crippen LogP contribution in [0.3, 0.4) is 0 Å². The number of nitro benzene ring substituents is 1. The second-order valence-electron chi connectivity index (χ2n) is 5.69. The van der Waals surface area contributed by atoms with Gasteiger partial charge in [-0.05, 0) is 31.7 Å². The number of methoxy groups -OCH3 is 1. The molecule has 0 bridgehead atoms. The summed E-state index contributed by atoms with van der Waals surface area (Å²) in [6.45, 7) is 0.844. The van der Waals surface area contributed by atoms with Crippen molar-refractivity contribution >= 4 is 11.4 Å². The lowest BCUT2D eigenvalue weighted by molar-refractivity contribution is -0.385. The van der Waals surface area contributed by atoms with Crippen LogP contribution in [0.1, 0.15) is 25.7 Å². The molecule has 2 fully saturated rings. The quantitative estimate of drug-likeness (QED) is 0.682. The first kappa shape index (κ1) is 14.1. The molecule has 1 aromatic rings. The van der Waals surface area contributed by atoms with Crippen molar-refractivity contribution < 1.29 is 14.4 Å². The van der Waals surface area contributed by atoms with Gasteiger partial charge >= 0.3 is 5.69 Å². The van der Waals surface area contributed by atoms with Crippen molar-refractivity contribution in [3.05, 3.63) is 28.3 Å². The van der Waals surface area contributed by atoms with Crippen molar-refractivity contribution in [3.8, 4) is 5.75 Å². The lowest BCUT2D eigenvalue weighted by Crippen LogP contribution is -2.38. The third-order valence-corrected chi connectivity index (χ3v) is 4.51. The Bertz CT molecular complexity index is 534. The molecule has 1 aromatic carbocycles. The van der Waals surface area contributed by atoms with Gasteiger partial charge in [-0.25, -0.2) is 0 Å². The molecule has 0 spiro atoms. The monoisotopic (exact) mass is 292 g/mol. The molecule has 3 rings (SSSR count). The molecule has 0 radical (unpaired) electrons. The maximum atomic E-state index is 10.9. The van der Waals surface area contributed by atoms with Crippen LogP contribution in [-0.2, 0) is 4.74 Å². The number of rotatable bonds is 4. The molecule has 3 atom stereocenters. The Kier molecular flexibility index (Phi) is 3.96. The normalized spacial score (nSPS) is 28.0. The number of anilines is 1. The van der Waals surface area contributed by atoms with E-state index in [0.29, 0.717) is 23.8 Å². The third kappa shape index (κ3) is 2.81. The third-order valence-electron chi connectivity index (χ3n) is 4.51.